The van der Waals surface area contributed by atoms with Gasteiger partial charge in [0.05, 0.1) is 18.1 Å². The minimum absolute atomic E-state index is 0.00520. The molecule has 25 heavy (non-hydrogen) atoms. The lowest BCUT2D eigenvalue weighted by molar-refractivity contribution is -0.384. The Labute approximate surface area is 144 Å². The number of methoxy groups -OCH3 is 1. The number of anilines is 1. The molecule has 2 aromatic carbocycles. The fraction of sp³-hybridized carbons (Fsp3) is 0.235. The van der Waals surface area contributed by atoms with E-state index in [-0.39, 0.29) is 17.3 Å². The molecule has 0 bridgehead atoms. The van der Waals surface area contributed by atoms with Crippen LogP contribution in [-0.4, -0.2) is 24.0 Å². The van der Waals surface area contributed by atoms with Crippen LogP contribution in [0.25, 0.3) is 0 Å². The Morgan fingerprint density at radius 2 is 2.00 bits per heavy atom. The number of carbonyl (C=O) groups excluding carboxylic acids is 1. The van der Waals surface area contributed by atoms with E-state index < -0.39 is 22.5 Å². The maximum Gasteiger partial charge on any atom is 0.295 e. The van der Waals surface area contributed by atoms with Gasteiger partial charge in [0, 0.05) is 12.6 Å². The van der Waals surface area contributed by atoms with Crippen LogP contribution in [0.5, 0.6) is 5.75 Å². The number of nitrogens with one attached hydrogen (secondary N) is 2. The van der Waals surface area contributed by atoms with Crippen LogP contribution < -0.4 is 15.4 Å². The highest BCUT2D eigenvalue weighted by Crippen LogP contribution is 2.32. The number of carbonyl (C=O) groups is 1. The van der Waals surface area contributed by atoms with E-state index in [0.717, 1.165) is 17.7 Å². The van der Waals surface area contributed by atoms with Gasteiger partial charge in [0.1, 0.15) is 11.7 Å². The zero-order valence-corrected chi connectivity index (χ0v) is 13.8. The Morgan fingerprint density at radius 3 is 2.60 bits per heavy atom. The van der Waals surface area contributed by atoms with Gasteiger partial charge in [-0.3, -0.25) is 14.9 Å². The first kappa shape index (κ1) is 18.2. The van der Waals surface area contributed by atoms with Crippen LogP contribution in [-0.2, 0) is 11.3 Å². The number of ether oxygens (including phenoxy) is 1. The maximum atomic E-state index is 13.7. The summed E-state index contributed by atoms with van der Waals surface area (Å²) in [4.78, 5) is 22.5. The number of nitro benzene ring substituents is 1. The summed E-state index contributed by atoms with van der Waals surface area (Å²) in [5, 5.41) is 16.6. The van der Waals surface area contributed by atoms with Crippen LogP contribution in [0.1, 0.15) is 12.5 Å². The van der Waals surface area contributed by atoms with Crippen LogP contribution >= 0.6 is 0 Å². The van der Waals surface area contributed by atoms with E-state index in [2.05, 4.69) is 10.6 Å². The van der Waals surface area contributed by atoms with E-state index in [1.165, 1.54) is 7.11 Å². The number of nitro groups is 1. The molecule has 1 amide bonds. The molecular weight excluding hydrogens is 329 g/mol. The molecular formula is C17H18FN3O4. The van der Waals surface area contributed by atoms with Gasteiger partial charge in [-0.2, -0.15) is 0 Å². The summed E-state index contributed by atoms with van der Waals surface area (Å²) in [6.45, 7) is 1.89. The van der Waals surface area contributed by atoms with Gasteiger partial charge in [0.2, 0.25) is 5.91 Å². The molecule has 0 radical (unpaired) electrons. The summed E-state index contributed by atoms with van der Waals surface area (Å²) in [7, 11) is 1.25. The topological polar surface area (TPSA) is 93.5 Å². The normalized spacial score (nSPS) is 11.5. The quantitative estimate of drug-likeness (QED) is 0.593. The molecule has 0 aliphatic carbocycles. The van der Waals surface area contributed by atoms with Crippen LogP contribution in [0, 0.1) is 15.9 Å². The van der Waals surface area contributed by atoms with Crippen molar-refractivity contribution in [3.05, 3.63) is 64.0 Å². The highest BCUT2D eigenvalue weighted by molar-refractivity contribution is 5.85. The second kappa shape index (κ2) is 8.09. The Morgan fingerprint density at radius 1 is 1.32 bits per heavy atom. The van der Waals surface area contributed by atoms with Gasteiger partial charge >= 0.3 is 0 Å². The smallest absolute Gasteiger partial charge is 0.295 e. The average Bonchev–Trinajstić information content (AvgIpc) is 2.61. The molecule has 2 rings (SSSR count). The molecule has 132 valence electrons. The number of hydrogen-bond acceptors (Lipinski definition) is 5. The molecule has 0 aliphatic heterocycles. The Bertz CT molecular complexity index is 768. The molecule has 0 spiro atoms. The second-order valence-corrected chi connectivity index (χ2v) is 5.33. The van der Waals surface area contributed by atoms with Crippen molar-refractivity contribution < 1.29 is 18.8 Å². The van der Waals surface area contributed by atoms with E-state index in [0.29, 0.717) is 6.54 Å². The summed E-state index contributed by atoms with van der Waals surface area (Å²) >= 11 is 0. The number of amides is 1. The predicted molar refractivity (Wildman–Crippen MR) is 91.0 cm³/mol. The third kappa shape index (κ3) is 4.66. The molecule has 1 unspecified atom stereocenters. The Balaban J connectivity index is 2.09. The highest BCUT2D eigenvalue weighted by Gasteiger charge is 2.22. The van der Waals surface area contributed by atoms with Gasteiger partial charge in [0.15, 0.2) is 11.6 Å². The predicted octanol–water partition coefficient (Wildman–Crippen LogP) is 2.86. The van der Waals surface area contributed by atoms with Crippen molar-refractivity contribution >= 4 is 17.3 Å². The molecule has 0 aromatic heterocycles. The standard InChI is InChI=1S/C17H18FN3O4/c1-11(17(22)19-10-12-6-4-3-5-7-12)20-14-9-16(25-2)13(18)8-15(14)21(23)24/h3-9,11,20H,10H2,1-2H3,(H,19,22). The van der Waals surface area contributed by atoms with Gasteiger partial charge < -0.3 is 15.4 Å². The lowest BCUT2D eigenvalue weighted by atomic mass is 10.2. The summed E-state index contributed by atoms with van der Waals surface area (Å²) < 4.78 is 18.5. The summed E-state index contributed by atoms with van der Waals surface area (Å²) in [6.07, 6.45) is 0. The van der Waals surface area contributed by atoms with E-state index >= 15 is 0 Å². The fourth-order valence-corrected chi connectivity index (χ4v) is 2.20. The van der Waals surface area contributed by atoms with Crippen molar-refractivity contribution in [3.8, 4) is 5.75 Å². The Hall–Kier alpha value is -3.16. The van der Waals surface area contributed by atoms with E-state index in [9.17, 15) is 19.3 Å². The molecule has 0 saturated carbocycles. The van der Waals surface area contributed by atoms with Gasteiger partial charge in [0.25, 0.3) is 5.69 Å². The first-order chi connectivity index (χ1) is 11.9. The molecule has 0 fully saturated rings. The second-order valence-electron chi connectivity index (χ2n) is 5.33. The molecule has 2 N–H and O–H groups in total. The lowest BCUT2D eigenvalue weighted by Crippen LogP contribution is -2.37. The van der Waals surface area contributed by atoms with Crippen LogP contribution in [0.15, 0.2) is 42.5 Å². The van der Waals surface area contributed by atoms with Crippen molar-refractivity contribution in [3.63, 3.8) is 0 Å². The van der Waals surface area contributed by atoms with Gasteiger partial charge in [-0.05, 0) is 12.5 Å². The minimum Gasteiger partial charge on any atom is -0.494 e. The summed E-state index contributed by atoms with van der Waals surface area (Å²) in [5.41, 5.74) is 0.462. The SMILES string of the molecule is COc1cc(NC(C)C(=O)NCc2ccccc2)c([N+](=O)[O-])cc1F. The monoisotopic (exact) mass is 347 g/mol. The largest absolute Gasteiger partial charge is 0.494 e. The molecule has 2 aromatic rings. The highest BCUT2D eigenvalue weighted by atomic mass is 19.1. The zero-order valence-electron chi connectivity index (χ0n) is 13.8. The first-order valence-corrected chi connectivity index (χ1v) is 7.52. The molecule has 7 nitrogen and oxygen atoms in total. The Kier molecular flexibility index (Phi) is 5.89. The third-order valence-corrected chi connectivity index (χ3v) is 3.54. The lowest BCUT2D eigenvalue weighted by Gasteiger charge is -2.16. The maximum absolute atomic E-state index is 13.7. The fourth-order valence-electron chi connectivity index (χ4n) is 2.20. The summed E-state index contributed by atoms with van der Waals surface area (Å²) in [5.74, 6) is -1.34. The van der Waals surface area contributed by atoms with Gasteiger partial charge in [-0.25, -0.2) is 4.39 Å². The number of rotatable bonds is 7. The third-order valence-electron chi connectivity index (χ3n) is 3.54. The minimum atomic E-state index is -0.846. The van der Waals surface area contributed by atoms with E-state index in [1.807, 2.05) is 30.3 Å². The van der Waals surface area contributed by atoms with Crippen LogP contribution in [0.4, 0.5) is 15.8 Å². The molecule has 0 heterocycles. The van der Waals surface area contributed by atoms with Crippen molar-refractivity contribution in [1.29, 1.82) is 0 Å². The zero-order chi connectivity index (χ0) is 18.4. The molecule has 8 heteroatoms. The van der Waals surface area contributed by atoms with Crippen molar-refractivity contribution in [1.82, 2.24) is 5.32 Å². The van der Waals surface area contributed by atoms with Gasteiger partial charge in [-0.1, -0.05) is 30.3 Å². The number of benzene rings is 2. The molecule has 0 saturated heterocycles. The van der Waals surface area contributed by atoms with Crippen molar-refractivity contribution in [2.75, 3.05) is 12.4 Å². The van der Waals surface area contributed by atoms with Crippen LogP contribution in [0.2, 0.25) is 0 Å². The van der Waals surface area contributed by atoms with E-state index in [1.54, 1.807) is 6.92 Å². The van der Waals surface area contributed by atoms with Crippen molar-refractivity contribution in [2.45, 2.75) is 19.5 Å². The molecule has 0 aliphatic rings. The number of nitrogens with zero attached hydrogens (tertiary/aromatic N) is 1. The molecule has 1 atom stereocenters. The van der Waals surface area contributed by atoms with E-state index in [4.69, 9.17) is 4.74 Å². The van der Waals surface area contributed by atoms with Crippen LogP contribution in [0.3, 0.4) is 0 Å². The number of halogens is 1. The van der Waals surface area contributed by atoms with Crippen molar-refractivity contribution in [2.24, 2.45) is 0 Å². The number of hydrogen-bond donors (Lipinski definition) is 2. The summed E-state index contributed by atoms with van der Waals surface area (Å²) in [6, 6.07) is 10.5. The first-order valence-electron chi connectivity index (χ1n) is 7.52. The average molecular weight is 347 g/mol. The van der Waals surface area contributed by atoms with Gasteiger partial charge in [-0.15, -0.1) is 0 Å².